The van der Waals surface area contributed by atoms with Crippen molar-refractivity contribution in [1.29, 1.82) is 0 Å². The first-order chi connectivity index (χ1) is 6.06. The molecule has 1 heterocycles. The first kappa shape index (κ1) is 9.85. The summed E-state index contributed by atoms with van der Waals surface area (Å²) in [5.74, 6) is -3.19. The van der Waals surface area contributed by atoms with Gasteiger partial charge in [0, 0.05) is 6.07 Å². The second-order valence-electron chi connectivity index (χ2n) is 2.08. The molecule has 0 aromatic carbocycles. The first-order valence-corrected chi connectivity index (χ1v) is 3.54. The molecular formula is C7H4ClF2NO2. The number of aromatic nitrogens is 1. The van der Waals surface area contributed by atoms with Gasteiger partial charge in [0.2, 0.25) is 5.95 Å². The minimum Gasteiger partial charge on any atom is -0.464 e. The predicted octanol–water partition coefficient (Wildman–Crippen LogP) is 1.80. The lowest BCUT2D eigenvalue weighted by Crippen LogP contribution is -2.09. The largest absolute Gasteiger partial charge is 0.464 e. The Morgan fingerprint density at radius 1 is 1.62 bits per heavy atom. The molecule has 0 atom stereocenters. The van der Waals surface area contributed by atoms with E-state index in [-0.39, 0.29) is 0 Å². The van der Waals surface area contributed by atoms with E-state index < -0.39 is 28.5 Å². The molecule has 3 nitrogen and oxygen atoms in total. The Kier molecular flexibility index (Phi) is 2.77. The molecule has 0 unspecified atom stereocenters. The van der Waals surface area contributed by atoms with Crippen molar-refractivity contribution < 1.29 is 18.3 Å². The molecule has 13 heavy (non-hydrogen) atoms. The maximum atomic E-state index is 13.0. The molecule has 0 fully saturated rings. The smallest absolute Gasteiger partial charge is 0.359 e. The Balaban J connectivity index is 3.28. The lowest BCUT2D eigenvalue weighted by Gasteiger charge is -2.01. The van der Waals surface area contributed by atoms with Crippen molar-refractivity contribution >= 4 is 17.6 Å². The highest BCUT2D eigenvalue weighted by Gasteiger charge is 2.18. The van der Waals surface area contributed by atoms with Gasteiger partial charge in [-0.15, -0.1) is 0 Å². The average molecular weight is 208 g/mol. The third-order valence-electron chi connectivity index (χ3n) is 1.26. The summed E-state index contributed by atoms with van der Waals surface area (Å²) in [5.41, 5.74) is -0.757. The van der Waals surface area contributed by atoms with Gasteiger partial charge >= 0.3 is 5.97 Å². The molecule has 0 amide bonds. The summed E-state index contributed by atoms with van der Waals surface area (Å²) in [6.45, 7) is 0. The van der Waals surface area contributed by atoms with Gasteiger partial charge in [-0.2, -0.15) is 4.39 Å². The molecule has 1 rings (SSSR count). The van der Waals surface area contributed by atoms with Crippen LogP contribution < -0.4 is 0 Å². The van der Waals surface area contributed by atoms with Crippen LogP contribution in [-0.2, 0) is 4.74 Å². The van der Waals surface area contributed by atoms with Gasteiger partial charge in [0.15, 0.2) is 11.5 Å². The summed E-state index contributed by atoms with van der Waals surface area (Å²) in [6.07, 6.45) is 0. The Morgan fingerprint density at radius 2 is 2.23 bits per heavy atom. The monoisotopic (exact) mass is 207 g/mol. The molecule has 0 saturated heterocycles. The van der Waals surface area contributed by atoms with Crippen molar-refractivity contribution in [2.24, 2.45) is 0 Å². The molecule has 0 aliphatic carbocycles. The fourth-order valence-corrected chi connectivity index (χ4v) is 0.881. The van der Waals surface area contributed by atoms with Crippen LogP contribution in [0.1, 0.15) is 10.5 Å². The zero-order valence-corrected chi connectivity index (χ0v) is 7.23. The number of nitrogens with zero attached hydrogens (tertiary/aromatic N) is 1. The molecule has 70 valence electrons. The lowest BCUT2D eigenvalue weighted by atomic mass is 10.3. The van der Waals surface area contributed by atoms with Gasteiger partial charge in [-0.25, -0.2) is 14.2 Å². The molecule has 0 aliphatic heterocycles. The summed E-state index contributed by atoms with van der Waals surface area (Å²) in [4.78, 5) is 13.8. The fourth-order valence-electron chi connectivity index (χ4n) is 0.701. The molecule has 0 radical (unpaired) electrons. The van der Waals surface area contributed by atoms with Crippen LogP contribution in [0.15, 0.2) is 6.07 Å². The Hall–Kier alpha value is -1.23. The average Bonchev–Trinajstić information content (AvgIpc) is 2.10. The molecule has 0 spiro atoms. The predicted molar refractivity (Wildman–Crippen MR) is 40.5 cm³/mol. The maximum absolute atomic E-state index is 13.0. The third kappa shape index (κ3) is 1.92. The highest BCUT2D eigenvalue weighted by atomic mass is 35.5. The van der Waals surface area contributed by atoms with Crippen molar-refractivity contribution in [3.63, 3.8) is 0 Å². The second-order valence-corrected chi connectivity index (χ2v) is 2.49. The van der Waals surface area contributed by atoms with E-state index in [0.29, 0.717) is 6.07 Å². The normalized spacial score (nSPS) is 9.85. The highest BCUT2D eigenvalue weighted by Crippen LogP contribution is 2.17. The standard InChI is InChI=1S/C7H4ClF2NO2/c1-13-7(12)6-5(10)3(8)2-4(9)11-6/h2H,1H3. The number of esters is 1. The van der Waals surface area contributed by atoms with Gasteiger partial charge in [-0.05, 0) is 0 Å². The van der Waals surface area contributed by atoms with Crippen molar-refractivity contribution in [2.45, 2.75) is 0 Å². The van der Waals surface area contributed by atoms with Crippen LogP contribution >= 0.6 is 11.6 Å². The van der Waals surface area contributed by atoms with Crippen LogP contribution in [0, 0.1) is 11.8 Å². The number of pyridine rings is 1. The van der Waals surface area contributed by atoms with Gasteiger partial charge in [0.05, 0.1) is 12.1 Å². The van der Waals surface area contributed by atoms with E-state index >= 15 is 0 Å². The van der Waals surface area contributed by atoms with E-state index in [9.17, 15) is 13.6 Å². The van der Waals surface area contributed by atoms with E-state index in [4.69, 9.17) is 11.6 Å². The van der Waals surface area contributed by atoms with Gasteiger partial charge in [0.1, 0.15) is 0 Å². The number of halogens is 3. The van der Waals surface area contributed by atoms with Crippen LogP contribution in [0.5, 0.6) is 0 Å². The quantitative estimate of drug-likeness (QED) is 0.521. The van der Waals surface area contributed by atoms with Gasteiger partial charge < -0.3 is 4.74 Å². The maximum Gasteiger partial charge on any atom is 0.359 e. The van der Waals surface area contributed by atoms with Gasteiger partial charge in [0.25, 0.3) is 0 Å². The van der Waals surface area contributed by atoms with Crippen LogP contribution in [0.4, 0.5) is 8.78 Å². The first-order valence-electron chi connectivity index (χ1n) is 3.16. The minimum atomic E-state index is -1.09. The summed E-state index contributed by atoms with van der Waals surface area (Å²) in [5, 5.41) is -0.507. The van der Waals surface area contributed by atoms with Crippen LogP contribution in [0.3, 0.4) is 0 Å². The second kappa shape index (κ2) is 3.66. The number of rotatable bonds is 1. The molecule has 0 saturated carbocycles. The SMILES string of the molecule is COC(=O)c1nc(F)cc(Cl)c1F. The lowest BCUT2D eigenvalue weighted by molar-refractivity contribution is 0.0586. The molecule has 6 heteroatoms. The number of carbonyl (C=O) groups excluding carboxylic acids is 1. The fraction of sp³-hybridized carbons (Fsp3) is 0.143. The van der Waals surface area contributed by atoms with Gasteiger partial charge in [-0.3, -0.25) is 0 Å². The molecule has 1 aromatic rings. The number of methoxy groups -OCH3 is 1. The molecule has 0 bridgehead atoms. The Bertz CT molecular complexity index is 357. The number of carbonyl (C=O) groups is 1. The van der Waals surface area contributed by atoms with Gasteiger partial charge in [-0.1, -0.05) is 11.6 Å². The summed E-state index contributed by atoms with van der Waals surface area (Å²) < 4.78 is 29.7. The molecule has 1 aromatic heterocycles. The van der Waals surface area contributed by atoms with E-state index in [0.717, 1.165) is 7.11 Å². The summed E-state index contributed by atoms with van der Waals surface area (Å²) in [7, 11) is 1.03. The number of hydrogen-bond donors (Lipinski definition) is 0. The van der Waals surface area contributed by atoms with Crippen LogP contribution in [0.25, 0.3) is 0 Å². The summed E-state index contributed by atoms with van der Waals surface area (Å²) in [6, 6.07) is 0.670. The topological polar surface area (TPSA) is 39.2 Å². The van der Waals surface area contributed by atoms with E-state index in [1.165, 1.54) is 0 Å². The minimum absolute atomic E-state index is 0.507. The van der Waals surface area contributed by atoms with Crippen LogP contribution in [0.2, 0.25) is 5.02 Å². The third-order valence-corrected chi connectivity index (χ3v) is 1.54. The van der Waals surface area contributed by atoms with Crippen LogP contribution in [-0.4, -0.2) is 18.1 Å². The van der Waals surface area contributed by atoms with E-state index in [1.807, 2.05) is 0 Å². The Morgan fingerprint density at radius 3 is 2.77 bits per heavy atom. The zero-order valence-electron chi connectivity index (χ0n) is 6.47. The molecular weight excluding hydrogens is 204 g/mol. The zero-order chi connectivity index (χ0) is 10.0. The highest BCUT2D eigenvalue weighted by molar-refractivity contribution is 6.31. The van der Waals surface area contributed by atoms with E-state index in [2.05, 4.69) is 9.72 Å². The number of hydrogen-bond acceptors (Lipinski definition) is 3. The number of ether oxygens (including phenoxy) is 1. The molecule has 0 N–H and O–H groups in total. The van der Waals surface area contributed by atoms with E-state index in [1.54, 1.807) is 0 Å². The van der Waals surface area contributed by atoms with Crippen molar-refractivity contribution in [3.8, 4) is 0 Å². The Labute approximate surface area is 77.3 Å². The molecule has 0 aliphatic rings. The van der Waals surface area contributed by atoms with Crippen molar-refractivity contribution in [1.82, 2.24) is 4.98 Å². The van der Waals surface area contributed by atoms with Crippen molar-refractivity contribution in [2.75, 3.05) is 7.11 Å². The summed E-state index contributed by atoms with van der Waals surface area (Å²) >= 11 is 5.26. The van der Waals surface area contributed by atoms with Crippen molar-refractivity contribution in [3.05, 3.63) is 28.5 Å².